The highest BCUT2D eigenvalue weighted by atomic mass is 127. The highest BCUT2D eigenvalue weighted by molar-refractivity contribution is 14.0. The van der Waals surface area contributed by atoms with Crippen molar-refractivity contribution in [1.29, 1.82) is 0 Å². The van der Waals surface area contributed by atoms with Gasteiger partial charge >= 0.3 is 0 Å². The third kappa shape index (κ3) is 5.94. The second-order valence-electron chi connectivity index (χ2n) is 7.09. The van der Waals surface area contributed by atoms with Gasteiger partial charge in [0.05, 0.1) is 0 Å². The van der Waals surface area contributed by atoms with Gasteiger partial charge in [-0.1, -0.05) is 30.3 Å². The number of halogens is 1. The van der Waals surface area contributed by atoms with Crippen LogP contribution in [0.1, 0.15) is 17.8 Å². The van der Waals surface area contributed by atoms with Crippen LogP contribution < -0.4 is 10.6 Å². The van der Waals surface area contributed by atoms with E-state index in [4.69, 9.17) is 5.73 Å². The summed E-state index contributed by atoms with van der Waals surface area (Å²) in [6, 6.07) is 10.6. The van der Waals surface area contributed by atoms with Crippen LogP contribution in [0.15, 0.2) is 59.3 Å². The molecule has 1 aliphatic rings. The number of guanidine groups is 1. The Hall–Kier alpha value is -2.14. The maximum Gasteiger partial charge on any atom is 0.191 e. The lowest BCUT2D eigenvalue weighted by molar-refractivity contribution is 0.380. The summed E-state index contributed by atoms with van der Waals surface area (Å²) in [5, 5.41) is 3.09. The Morgan fingerprint density at radius 2 is 1.87 bits per heavy atom. The smallest absolute Gasteiger partial charge is 0.191 e. The summed E-state index contributed by atoms with van der Waals surface area (Å²) in [5.41, 5.74) is 7.63. The fourth-order valence-electron chi connectivity index (χ4n) is 3.54. The number of benzene rings is 1. The first-order valence-electron chi connectivity index (χ1n) is 10.0. The summed E-state index contributed by atoms with van der Waals surface area (Å²) in [6.45, 7) is 5.00. The molecule has 9 heteroatoms. The van der Waals surface area contributed by atoms with Gasteiger partial charge in [0.25, 0.3) is 0 Å². The molecule has 3 aromatic rings. The summed E-state index contributed by atoms with van der Waals surface area (Å²) in [7, 11) is 0. The van der Waals surface area contributed by atoms with Gasteiger partial charge in [-0.15, -0.1) is 35.3 Å². The molecular formula is C21H28IN7S. The molecule has 0 unspecified atom stereocenters. The number of thiazole rings is 1. The number of imidazole rings is 1. The number of aryl methyl sites for hydroxylation is 2. The molecule has 30 heavy (non-hydrogen) atoms. The lowest BCUT2D eigenvalue weighted by atomic mass is 10.1. The summed E-state index contributed by atoms with van der Waals surface area (Å²) in [6.07, 6.45) is 7.86. The van der Waals surface area contributed by atoms with Crippen molar-refractivity contribution in [3.63, 3.8) is 0 Å². The molecule has 0 aliphatic carbocycles. The van der Waals surface area contributed by atoms with Crippen LogP contribution in [0, 0.1) is 0 Å². The molecule has 0 radical (unpaired) electrons. The minimum absolute atomic E-state index is 0. The topological polar surface area (TPSA) is 75.6 Å². The summed E-state index contributed by atoms with van der Waals surface area (Å²) < 4.78 is 2.18. The highest BCUT2D eigenvalue weighted by Gasteiger charge is 2.19. The van der Waals surface area contributed by atoms with Crippen LogP contribution in [0.4, 0.5) is 5.13 Å². The molecule has 0 bridgehead atoms. The fraction of sp³-hybridized carbons (Fsp3) is 0.381. The lowest BCUT2D eigenvalue weighted by Gasteiger charge is -2.35. The molecule has 1 aromatic carbocycles. The molecule has 0 atom stereocenters. The van der Waals surface area contributed by atoms with Crippen LogP contribution in [0.2, 0.25) is 0 Å². The molecule has 0 amide bonds. The summed E-state index contributed by atoms with van der Waals surface area (Å²) >= 11 is 1.68. The zero-order valence-corrected chi connectivity index (χ0v) is 20.1. The van der Waals surface area contributed by atoms with Gasteiger partial charge in [0.2, 0.25) is 0 Å². The third-order valence-corrected chi connectivity index (χ3v) is 6.02. The van der Waals surface area contributed by atoms with Crippen LogP contribution in [-0.4, -0.2) is 51.6 Å². The lowest BCUT2D eigenvalue weighted by Crippen LogP contribution is -2.51. The van der Waals surface area contributed by atoms with E-state index < -0.39 is 0 Å². The van der Waals surface area contributed by atoms with Crippen molar-refractivity contribution < 1.29 is 0 Å². The number of hydrogen-bond acceptors (Lipinski definition) is 5. The Morgan fingerprint density at radius 3 is 2.60 bits per heavy atom. The predicted molar refractivity (Wildman–Crippen MR) is 134 cm³/mol. The number of aliphatic imine (C=N–C) groups is 1. The Bertz CT molecular complexity index is 903. The van der Waals surface area contributed by atoms with E-state index in [0.717, 1.165) is 56.5 Å². The Kier molecular flexibility index (Phi) is 8.50. The maximum absolute atomic E-state index is 6.26. The molecule has 160 valence electrons. The van der Waals surface area contributed by atoms with Gasteiger partial charge in [-0.3, -0.25) is 0 Å². The molecule has 7 nitrogen and oxygen atoms in total. The Morgan fingerprint density at radius 1 is 1.07 bits per heavy atom. The third-order valence-electron chi connectivity index (χ3n) is 5.18. The monoisotopic (exact) mass is 537 g/mol. The fourth-order valence-corrected chi connectivity index (χ4v) is 4.24. The van der Waals surface area contributed by atoms with Gasteiger partial charge < -0.3 is 20.1 Å². The summed E-state index contributed by atoms with van der Waals surface area (Å²) in [4.78, 5) is 17.9. The van der Waals surface area contributed by atoms with Crippen LogP contribution in [0.5, 0.6) is 0 Å². The normalized spacial score (nSPS) is 14.6. The molecule has 4 rings (SSSR count). The number of hydrogen-bond donors (Lipinski definition) is 1. The van der Waals surface area contributed by atoms with Gasteiger partial charge in [-0.05, 0) is 18.4 Å². The maximum atomic E-state index is 6.26. The Balaban J connectivity index is 0.00000256. The average molecular weight is 537 g/mol. The first kappa shape index (κ1) is 22.5. The van der Waals surface area contributed by atoms with E-state index in [9.17, 15) is 0 Å². The van der Waals surface area contributed by atoms with Crippen LogP contribution >= 0.6 is 35.3 Å². The average Bonchev–Trinajstić information content (AvgIpc) is 3.45. The molecular weight excluding hydrogens is 509 g/mol. The first-order valence-corrected chi connectivity index (χ1v) is 10.9. The van der Waals surface area contributed by atoms with Crippen molar-refractivity contribution in [2.24, 2.45) is 10.7 Å². The standard InChI is InChI=1S/C21H27N7S.HI/c22-20(27-12-14-28(15-13-27)21-24-9-16-29-21)25-17-19-23-8-11-26(19)10-4-7-18-5-2-1-3-6-18;/h1-3,5-6,8-9,11,16H,4,7,10,12-15,17H2,(H2,22,25);1H. The van der Waals surface area contributed by atoms with Crippen molar-refractivity contribution in [1.82, 2.24) is 19.4 Å². The molecule has 2 aromatic heterocycles. The molecule has 3 heterocycles. The van der Waals surface area contributed by atoms with Gasteiger partial charge in [0.15, 0.2) is 11.1 Å². The number of nitrogens with zero attached hydrogens (tertiary/aromatic N) is 6. The minimum atomic E-state index is 0. The van der Waals surface area contributed by atoms with E-state index >= 15 is 0 Å². The van der Waals surface area contributed by atoms with Gasteiger partial charge in [-0.25, -0.2) is 15.0 Å². The number of rotatable bonds is 7. The first-order chi connectivity index (χ1) is 14.3. The molecule has 1 fully saturated rings. The number of anilines is 1. The van der Waals surface area contributed by atoms with Crippen molar-refractivity contribution >= 4 is 46.4 Å². The number of nitrogens with two attached hydrogens (primary N) is 1. The molecule has 0 saturated carbocycles. The minimum Gasteiger partial charge on any atom is -0.370 e. The van der Waals surface area contributed by atoms with E-state index in [1.807, 2.05) is 24.0 Å². The zero-order chi connectivity index (χ0) is 19.9. The molecule has 0 spiro atoms. The molecule has 1 aliphatic heterocycles. The molecule has 2 N–H and O–H groups in total. The van der Waals surface area contributed by atoms with Gasteiger partial charge in [0.1, 0.15) is 12.4 Å². The van der Waals surface area contributed by atoms with Crippen LogP contribution in [0.3, 0.4) is 0 Å². The van der Waals surface area contributed by atoms with Gasteiger partial charge in [-0.2, -0.15) is 0 Å². The number of aromatic nitrogens is 3. The second-order valence-corrected chi connectivity index (χ2v) is 7.96. The Labute approximate surface area is 198 Å². The number of piperazine rings is 1. The van der Waals surface area contributed by atoms with Crippen LogP contribution in [0.25, 0.3) is 0 Å². The second kappa shape index (κ2) is 11.3. The van der Waals surface area contributed by atoms with Crippen molar-refractivity contribution in [3.8, 4) is 0 Å². The summed E-state index contributed by atoms with van der Waals surface area (Å²) in [5.74, 6) is 1.56. The van der Waals surface area contributed by atoms with Crippen molar-refractivity contribution in [3.05, 3.63) is 65.7 Å². The van der Waals surface area contributed by atoms with E-state index in [1.54, 1.807) is 11.3 Å². The quantitative estimate of drug-likeness (QED) is 0.285. The van der Waals surface area contributed by atoms with E-state index in [-0.39, 0.29) is 24.0 Å². The molecule has 1 saturated heterocycles. The van der Waals surface area contributed by atoms with Gasteiger partial charge in [0, 0.05) is 56.7 Å². The largest absolute Gasteiger partial charge is 0.370 e. The zero-order valence-electron chi connectivity index (χ0n) is 16.9. The van der Waals surface area contributed by atoms with E-state index in [1.165, 1.54) is 5.56 Å². The highest BCUT2D eigenvalue weighted by Crippen LogP contribution is 2.18. The SMILES string of the molecule is I.NC(=NCc1nccn1CCCc1ccccc1)N1CCN(c2nccs2)CC1. The van der Waals surface area contributed by atoms with E-state index in [0.29, 0.717) is 12.5 Å². The van der Waals surface area contributed by atoms with Crippen LogP contribution in [-0.2, 0) is 19.5 Å². The van der Waals surface area contributed by atoms with E-state index in [2.05, 4.69) is 59.7 Å². The predicted octanol–water partition coefficient (Wildman–Crippen LogP) is 3.23. The van der Waals surface area contributed by atoms with Crippen molar-refractivity contribution in [2.75, 3.05) is 31.1 Å². The van der Waals surface area contributed by atoms with Crippen molar-refractivity contribution in [2.45, 2.75) is 25.9 Å².